The van der Waals surface area contributed by atoms with Crippen LogP contribution in [0.1, 0.15) is 13.8 Å². The predicted molar refractivity (Wildman–Crippen MR) is 70.6 cm³/mol. The predicted octanol–water partition coefficient (Wildman–Crippen LogP) is 3.02. The van der Waals surface area contributed by atoms with Crippen LogP contribution in [0.2, 0.25) is 0 Å². The summed E-state index contributed by atoms with van der Waals surface area (Å²) in [5.41, 5.74) is 0. The fourth-order valence-electron chi connectivity index (χ4n) is 1.13. The molecule has 0 fully saturated rings. The van der Waals surface area contributed by atoms with Gasteiger partial charge >= 0.3 is 0 Å². The summed E-state index contributed by atoms with van der Waals surface area (Å²) in [6.45, 7) is 2.17. The van der Waals surface area contributed by atoms with E-state index in [2.05, 4.69) is 48.5 Å². The monoisotopic (exact) mass is 248 g/mol. The molecule has 18 heavy (non-hydrogen) atoms. The van der Waals surface area contributed by atoms with Gasteiger partial charge in [-0.25, -0.2) is 0 Å². The second-order valence-corrected chi connectivity index (χ2v) is 3.39. The summed E-state index contributed by atoms with van der Waals surface area (Å²) >= 11 is 0. The Kier molecular flexibility index (Phi) is 7.61. The summed E-state index contributed by atoms with van der Waals surface area (Å²) in [5, 5.41) is 17.5. The van der Waals surface area contributed by atoms with E-state index in [-0.39, 0.29) is 0 Å². The molecule has 0 aliphatic heterocycles. The van der Waals surface area contributed by atoms with Crippen molar-refractivity contribution in [2.24, 2.45) is 0 Å². The molecule has 4 nitrogen and oxygen atoms in total. The SMILES string of the molecule is CC(=O)O.CC(=O)O.c1ccc2ccccc2c1. The van der Waals surface area contributed by atoms with E-state index in [9.17, 15) is 0 Å². The smallest absolute Gasteiger partial charge is 0.300 e. The zero-order valence-electron chi connectivity index (χ0n) is 10.3. The molecule has 2 aromatic rings. The molecule has 0 radical (unpaired) electrons. The van der Waals surface area contributed by atoms with Gasteiger partial charge in [-0.2, -0.15) is 0 Å². The van der Waals surface area contributed by atoms with E-state index in [1.165, 1.54) is 10.8 Å². The Labute approximate surface area is 105 Å². The van der Waals surface area contributed by atoms with Gasteiger partial charge in [-0.15, -0.1) is 0 Å². The van der Waals surface area contributed by atoms with Crippen LogP contribution in [0.15, 0.2) is 48.5 Å². The lowest BCUT2D eigenvalue weighted by molar-refractivity contribution is -0.135. The van der Waals surface area contributed by atoms with Gasteiger partial charge in [0.2, 0.25) is 0 Å². The van der Waals surface area contributed by atoms with Crippen LogP contribution in [-0.2, 0) is 9.59 Å². The van der Waals surface area contributed by atoms with Crippen molar-refractivity contribution in [1.82, 2.24) is 0 Å². The highest BCUT2D eigenvalue weighted by molar-refractivity contribution is 5.82. The third-order valence-corrected chi connectivity index (χ3v) is 1.66. The fraction of sp³-hybridized carbons (Fsp3) is 0.143. The number of carboxylic acids is 2. The van der Waals surface area contributed by atoms with Crippen molar-refractivity contribution in [1.29, 1.82) is 0 Å². The first-order chi connectivity index (χ1) is 8.43. The first-order valence-electron chi connectivity index (χ1n) is 5.26. The van der Waals surface area contributed by atoms with E-state index in [4.69, 9.17) is 19.8 Å². The molecular weight excluding hydrogens is 232 g/mol. The van der Waals surface area contributed by atoms with Gasteiger partial charge < -0.3 is 10.2 Å². The minimum Gasteiger partial charge on any atom is -0.481 e. The molecule has 0 bridgehead atoms. The molecule has 4 heteroatoms. The van der Waals surface area contributed by atoms with Gasteiger partial charge in [-0.1, -0.05) is 48.5 Å². The van der Waals surface area contributed by atoms with Gasteiger partial charge in [0.05, 0.1) is 0 Å². The molecule has 96 valence electrons. The van der Waals surface area contributed by atoms with Crippen LogP contribution in [0.4, 0.5) is 0 Å². The van der Waals surface area contributed by atoms with Crippen LogP contribution >= 0.6 is 0 Å². The minimum atomic E-state index is -0.833. The first-order valence-corrected chi connectivity index (χ1v) is 5.26. The van der Waals surface area contributed by atoms with Crippen LogP contribution in [-0.4, -0.2) is 22.2 Å². The molecule has 0 saturated carbocycles. The average molecular weight is 248 g/mol. The maximum absolute atomic E-state index is 9.00. The Hall–Kier alpha value is -2.36. The van der Waals surface area contributed by atoms with Gasteiger partial charge in [0, 0.05) is 13.8 Å². The van der Waals surface area contributed by atoms with E-state index < -0.39 is 11.9 Å². The van der Waals surface area contributed by atoms with Crippen molar-refractivity contribution < 1.29 is 19.8 Å². The normalized spacial score (nSPS) is 8.33. The van der Waals surface area contributed by atoms with E-state index in [1.54, 1.807) is 0 Å². The lowest BCUT2D eigenvalue weighted by Crippen LogP contribution is -1.78. The minimum absolute atomic E-state index is 0.833. The molecule has 0 unspecified atom stereocenters. The van der Waals surface area contributed by atoms with Gasteiger partial charge in [0.15, 0.2) is 0 Å². The van der Waals surface area contributed by atoms with E-state index in [0.29, 0.717) is 0 Å². The zero-order chi connectivity index (χ0) is 14.0. The number of hydrogen-bond donors (Lipinski definition) is 2. The number of carboxylic acid groups (broad SMARTS) is 2. The summed E-state index contributed by atoms with van der Waals surface area (Å²) in [5.74, 6) is -1.67. The lowest BCUT2D eigenvalue weighted by Gasteiger charge is -1.92. The molecule has 0 spiro atoms. The molecule has 0 aliphatic rings. The zero-order valence-corrected chi connectivity index (χ0v) is 10.3. The number of hydrogen-bond acceptors (Lipinski definition) is 2. The Bertz CT molecular complexity index is 420. The van der Waals surface area contributed by atoms with Crippen molar-refractivity contribution in [2.45, 2.75) is 13.8 Å². The highest BCUT2D eigenvalue weighted by Gasteiger charge is 1.85. The molecule has 2 rings (SSSR count). The summed E-state index contributed by atoms with van der Waals surface area (Å²) in [6, 6.07) is 16.7. The number of benzene rings is 2. The largest absolute Gasteiger partial charge is 0.481 e. The summed E-state index contributed by atoms with van der Waals surface area (Å²) in [4.78, 5) is 18.0. The van der Waals surface area contributed by atoms with Gasteiger partial charge in [-0.05, 0) is 10.8 Å². The van der Waals surface area contributed by atoms with Crippen LogP contribution in [0.25, 0.3) is 10.8 Å². The van der Waals surface area contributed by atoms with E-state index >= 15 is 0 Å². The standard InChI is InChI=1S/C10H8.2C2H4O2/c1-2-6-10-8-4-3-7-9(10)5-1;2*1-2(3)4/h1-8H;2*1H3,(H,3,4). The number of carbonyl (C=O) groups is 2. The number of aliphatic carboxylic acids is 2. The van der Waals surface area contributed by atoms with Crippen molar-refractivity contribution in [3.05, 3.63) is 48.5 Å². The Morgan fingerprint density at radius 1 is 0.722 bits per heavy atom. The number of rotatable bonds is 0. The van der Waals surface area contributed by atoms with E-state index in [0.717, 1.165) is 13.8 Å². The van der Waals surface area contributed by atoms with E-state index in [1.807, 2.05) is 0 Å². The number of fused-ring (bicyclic) bond motifs is 1. The molecule has 0 aliphatic carbocycles. The molecule has 2 N–H and O–H groups in total. The van der Waals surface area contributed by atoms with Crippen LogP contribution in [0, 0.1) is 0 Å². The molecule has 0 saturated heterocycles. The molecular formula is C14H16O4. The molecule has 0 aromatic heterocycles. The second-order valence-electron chi connectivity index (χ2n) is 3.39. The van der Waals surface area contributed by atoms with Crippen molar-refractivity contribution >= 4 is 22.7 Å². The third-order valence-electron chi connectivity index (χ3n) is 1.66. The highest BCUT2D eigenvalue weighted by Crippen LogP contribution is 2.11. The molecule has 2 aromatic carbocycles. The quantitative estimate of drug-likeness (QED) is 0.751. The maximum atomic E-state index is 9.00. The summed E-state index contributed by atoms with van der Waals surface area (Å²) in [7, 11) is 0. The van der Waals surface area contributed by atoms with Crippen LogP contribution in [0.3, 0.4) is 0 Å². The topological polar surface area (TPSA) is 74.6 Å². The van der Waals surface area contributed by atoms with Crippen molar-refractivity contribution in [2.75, 3.05) is 0 Å². The van der Waals surface area contributed by atoms with Crippen LogP contribution in [0.5, 0.6) is 0 Å². The highest BCUT2D eigenvalue weighted by atomic mass is 16.4. The Morgan fingerprint density at radius 3 is 1.06 bits per heavy atom. The summed E-state index contributed by atoms with van der Waals surface area (Å²) < 4.78 is 0. The summed E-state index contributed by atoms with van der Waals surface area (Å²) in [6.07, 6.45) is 0. The first kappa shape index (κ1) is 15.6. The van der Waals surface area contributed by atoms with Crippen LogP contribution < -0.4 is 0 Å². The van der Waals surface area contributed by atoms with Gasteiger partial charge in [0.1, 0.15) is 0 Å². The molecule has 0 heterocycles. The third kappa shape index (κ3) is 8.91. The fourth-order valence-corrected chi connectivity index (χ4v) is 1.13. The second kappa shape index (κ2) is 8.75. The maximum Gasteiger partial charge on any atom is 0.300 e. The Morgan fingerprint density at radius 2 is 0.889 bits per heavy atom. The lowest BCUT2D eigenvalue weighted by atomic mass is 10.1. The van der Waals surface area contributed by atoms with Crippen molar-refractivity contribution in [3.8, 4) is 0 Å². The van der Waals surface area contributed by atoms with Crippen molar-refractivity contribution in [3.63, 3.8) is 0 Å². The molecule has 0 atom stereocenters. The molecule has 0 amide bonds. The average Bonchev–Trinajstić information content (AvgIpc) is 2.28. The Balaban J connectivity index is 0.000000307. The van der Waals surface area contributed by atoms with Gasteiger partial charge in [0.25, 0.3) is 11.9 Å². The van der Waals surface area contributed by atoms with Gasteiger partial charge in [-0.3, -0.25) is 9.59 Å².